The van der Waals surface area contributed by atoms with Crippen LogP contribution in [0.1, 0.15) is 22.9 Å². The number of methoxy groups -OCH3 is 3. The van der Waals surface area contributed by atoms with Crippen molar-refractivity contribution < 1.29 is 33.3 Å². The summed E-state index contributed by atoms with van der Waals surface area (Å²) in [4.78, 5) is 27.6. The van der Waals surface area contributed by atoms with Gasteiger partial charge in [0.15, 0.2) is 0 Å². The number of benzene rings is 2. The van der Waals surface area contributed by atoms with Gasteiger partial charge in [-0.05, 0) is 42.0 Å². The Morgan fingerprint density at radius 2 is 1.73 bits per heavy atom. The number of carbonyl (C=O) groups is 2. The summed E-state index contributed by atoms with van der Waals surface area (Å²) in [6.45, 7) is 0.115. The number of hydrogen-bond acceptors (Lipinski definition) is 7. The summed E-state index contributed by atoms with van der Waals surface area (Å²) in [6.07, 6.45) is 1.45. The number of likely N-dealkylation sites (tertiary alicyclic amines) is 1. The van der Waals surface area contributed by atoms with E-state index < -0.39 is 17.7 Å². The molecule has 1 fully saturated rings. The van der Waals surface area contributed by atoms with Gasteiger partial charge in [0.1, 0.15) is 34.8 Å². The molecule has 1 unspecified atom stereocenters. The minimum atomic E-state index is -0.919. The number of rotatable bonds is 7. The fourth-order valence-corrected chi connectivity index (χ4v) is 3.89. The van der Waals surface area contributed by atoms with E-state index in [0.29, 0.717) is 23.0 Å². The Morgan fingerprint density at radius 1 is 0.970 bits per heavy atom. The van der Waals surface area contributed by atoms with Crippen LogP contribution in [0.2, 0.25) is 0 Å². The molecule has 8 nitrogen and oxygen atoms in total. The topological polar surface area (TPSA) is 98.4 Å². The van der Waals surface area contributed by atoms with Gasteiger partial charge in [0.2, 0.25) is 0 Å². The van der Waals surface area contributed by atoms with Crippen molar-refractivity contribution in [2.45, 2.75) is 12.6 Å². The lowest BCUT2D eigenvalue weighted by molar-refractivity contribution is -0.140. The van der Waals surface area contributed by atoms with E-state index in [2.05, 4.69) is 0 Å². The van der Waals surface area contributed by atoms with Crippen LogP contribution in [0.5, 0.6) is 17.2 Å². The predicted octanol–water partition coefficient (Wildman–Crippen LogP) is 3.93. The van der Waals surface area contributed by atoms with Gasteiger partial charge in [-0.2, -0.15) is 0 Å². The minimum Gasteiger partial charge on any atom is -0.507 e. The van der Waals surface area contributed by atoms with Crippen LogP contribution in [-0.4, -0.2) is 43.0 Å². The molecule has 1 aliphatic heterocycles. The van der Waals surface area contributed by atoms with E-state index in [1.165, 1.54) is 25.4 Å². The number of ether oxygens (including phenoxy) is 3. The molecule has 2 heterocycles. The van der Waals surface area contributed by atoms with Gasteiger partial charge >= 0.3 is 0 Å². The van der Waals surface area contributed by atoms with Crippen LogP contribution >= 0.6 is 0 Å². The van der Waals surface area contributed by atoms with Crippen LogP contribution in [0.15, 0.2) is 70.9 Å². The van der Waals surface area contributed by atoms with Crippen LogP contribution in [0, 0.1) is 0 Å². The zero-order valence-corrected chi connectivity index (χ0v) is 18.4. The molecule has 1 amide bonds. The Kier molecular flexibility index (Phi) is 6.08. The Hall–Kier alpha value is -4.20. The summed E-state index contributed by atoms with van der Waals surface area (Å²) in [5.41, 5.74) is 0.936. The van der Waals surface area contributed by atoms with Crippen molar-refractivity contribution in [3.63, 3.8) is 0 Å². The summed E-state index contributed by atoms with van der Waals surface area (Å²) in [6, 6.07) is 14.4. The molecule has 0 spiro atoms. The van der Waals surface area contributed by atoms with Crippen molar-refractivity contribution in [1.82, 2.24) is 4.90 Å². The van der Waals surface area contributed by atoms with E-state index in [1.54, 1.807) is 55.6 Å². The average molecular weight is 449 g/mol. The third-order valence-corrected chi connectivity index (χ3v) is 5.50. The van der Waals surface area contributed by atoms with Gasteiger partial charge in [-0.25, -0.2) is 0 Å². The molecule has 0 saturated carbocycles. The van der Waals surface area contributed by atoms with Gasteiger partial charge in [-0.3, -0.25) is 9.59 Å². The van der Waals surface area contributed by atoms with Crippen molar-refractivity contribution in [3.8, 4) is 17.2 Å². The highest BCUT2D eigenvalue weighted by Crippen LogP contribution is 2.42. The molecule has 4 rings (SSSR count). The molecular formula is C25H23NO7. The molecular weight excluding hydrogens is 426 g/mol. The fraction of sp³-hybridized carbons (Fsp3) is 0.200. The smallest absolute Gasteiger partial charge is 0.296 e. The average Bonchev–Trinajstić information content (AvgIpc) is 3.46. The second-order valence-electron chi connectivity index (χ2n) is 7.36. The maximum atomic E-state index is 13.1. The second-order valence-corrected chi connectivity index (χ2v) is 7.36. The largest absolute Gasteiger partial charge is 0.507 e. The van der Waals surface area contributed by atoms with Crippen molar-refractivity contribution in [1.29, 1.82) is 0 Å². The van der Waals surface area contributed by atoms with Crippen LogP contribution in [0.25, 0.3) is 5.76 Å². The first-order valence-corrected chi connectivity index (χ1v) is 10.2. The number of carbonyl (C=O) groups excluding carboxylic acids is 2. The molecule has 0 bridgehead atoms. The highest BCUT2D eigenvalue weighted by atomic mass is 16.5. The Morgan fingerprint density at radius 3 is 2.39 bits per heavy atom. The molecule has 1 N–H and O–H groups in total. The lowest BCUT2D eigenvalue weighted by Gasteiger charge is -2.23. The van der Waals surface area contributed by atoms with Gasteiger partial charge in [0, 0.05) is 12.6 Å². The maximum Gasteiger partial charge on any atom is 0.296 e. The summed E-state index contributed by atoms with van der Waals surface area (Å²) in [5, 5.41) is 11.2. The van der Waals surface area contributed by atoms with Gasteiger partial charge in [-0.15, -0.1) is 0 Å². The van der Waals surface area contributed by atoms with E-state index in [0.717, 1.165) is 5.56 Å². The van der Waals surface area contributed by atoms with Crippen molar-refractivity contribution in [2.24, 2.45) is 0 Å². The molecule has 1 atom stereocenters. The van der Waals surface area contributed by atoms with Gasteiger partial charge in [0.25, 0.3) is 11.7 Å². The molecule has 3 aromatic rings. The summed E-state index contributed by atoms with van der Waals surface area (Å²) >= 11 is 0. The standard InChI is InChI=1S/C25H23NO7/c1-30-16-7-4-6-15(12-16)14-26-22(19-8-5-11-33-19)21(24(28)25(26)29)23(27)18-10-9-17(31-2)13-20(18)32-3/h4-13,22,27H,14H2,1-3H3/b23-21-. The molecule has 1 aromatic heterocycles. The van der Waals surface area contributed by atoms with Gasteiger partial charge < -0.3 is 28.6 Å². The first-order valence-electron chi connectivity index (χ1n) is 10.2. The number of Topliss-reactive ketones (excluding diaryl/α,β-unsaturated/α-hetero) is 1. The van der Waals surface area contributed by atoms with Crippen LogP contribution in [-0.2, 0) is 16.1 Å². The number of aliphatic hydroxyl groups is 1. The summed E-state index contributed by atoms with van der Waals surface area (Å²) in [7, 11) is 4.50. The third-order valence-electron chi connectivity index (χ3n) is 5.50. The highest BCUT2D eigenvalue weighted by Gasteiger charge is 2.47. The maximum absolute atomic E-state index is 13.1. The normalized spacial score (nSPS) is 17.3. The summed E-state index contributed by atoms with van der Waals surface area (Å²) < 4.78 is 21.4. The first kappa shape index (κ1) is 22.0. The van der Waals surface area contributed by atoms with E-state index in [4.69, 9.17) is 18.6 Å². The van der Waals surface area contributed by atoms with Crippen LogP contribution < -0.4 is 14.2 Å². The number of aliphatic hydroxyl groups excluding tert-OH is 1. The number of amides is 1. The molecule has 33 heavy (non-hydrogen) atoms. The number of nitrogens with zero attached hydrogens (tertiary/aromatic N) is 1. The minimum absolute atomic E-state index is 0.0821. The number of hydrogen-bond donors (Lipinski definition) is 1. The van der Waals surface area contributed by atoms with Crippen molar-refractivity contribution in [2.75, 3.05) is 21.3 Å². The number of furan rings is 1. The monoisotopic (exact) mass is 449 g/mol. The first-order chi connectivity index (χ1) is 16.0. The molecule has 1 aliphatic rings. The Bertz CT molecular complexity index is 1210. The quantitative estimate of drug-likeness (QED) is 0.332. The van der Waals surface area contributed by atoms with Crippen LogP contribution in [0.3, 0.4) is 0 Å². The Balaban J connectivity index is 1.84. The fourth-order valence-electron chi connectivity index (χ4n) is 3.89. The van der Waals surface area contributed by atoms with Gasteiger partial charge in [0.05, 0.1) is 38.7 Å². The molecule has 0 radical (unpaired) electrons. The lowest BCUT2D eigenvalue weighted by Crippen LogP contribution is -2.29. The van der Waals surface area contributed by atoms with E-state index in [1.807, 2.05) is 6.07 Å². The lowest BCUT2D eigenvalue weighted by atomic mass is 9.98. The molecule has 2 aromatic carbocycles. The molecule has 170 valence electrons. The molecule has 1 saturated heterocycles. The van der Waals surface area contributed by atoms with Crippen molar-refractivity contribution in [3.05, 3.63) is 83.3 Å². The zero-order valence-electron chi connectivity index (χ0n) is 18.4. The summed E-state index contributed by atoms with van der Waals surface area (Å²) in [5.74, 6) is -0.119. The zero-order chi connectivity index (χ0) is 23.5. The molecule has 0 aliphatic carbocycles. The Labute approximate surface area is 190 Å². The predicted molar refractivity (Wildman–Crippen MR) is 119 cm³/mol. The third kappa shape index (κ3) is 4.03. The van der Waals surface area contributed by atoms with E-state index in [9.17, 15) is 14.7 Å². The van der Waals surface area contributed by atoms with E-state index >= 15 is 0 Å². The second kappa shape index (κ2) is 9.12. The van der Waals surface area contributed by atoms with Crippen molar-refractivity contribution >= 4 is 17.4 Å². The van der Waals surface area contributed by atoms with Crippen LogP contribution in [0.4, 0.5) is 0 Å². The number of ketones is 1. The highest BCUT2D eigenvalue weighted by molar-refractivity contribution is 6.46. The molecule has 8 heteroatoms. The van der Waals surface area contributed by atoms with Gasteiger partial charge in [-0.1, -0.05) is 12.1 Å². The van der Waals surface area contributed by atoms with E-state index in [-0.39, 0.29) is 23.4 Å². The SMILES string of the molecule is COc1cccc(CN2C(=O)C(=O)/C(=C(\O)c3ccc(OC)cc3OC)C2c2ccco2)c1.